The summed E-state index contributed by atoms with van der Waals surface area (Å²) in [4.78, 5) is 13.0. The summed E-state index contributed by atoms with van der Waals surface area (Å²) in [5.74, 6) is -0.228. The van der Waals surface area contributed by atoms with Crippen LogP contribution >= 0.6 is 0 Å². The quantitative estimate of drug-likeness (QED) is 0.0257. The molecule has 0 radical (unpaired) electrons. The molecule has 12 nitrogen and oxygen atoms in total. The van der Waals surface area contributed by atoms with Crippen LogP contribution in [-0.4, -0.2) is 95.4 Å². The van der Waals surface area contributed by atoms with E-state index in [0.29, 0.717) is 12.8 Å². The molecule has 0 aromatic rings. The van der Waals surface area contributed by atoms with Crippen LogP contribution in [0.5, 0.6) is 0 Å². The number of amides is 1. The van der Waals surface area contributed by atoms with Crippen LogP contribution < -0.4 is 5.32 Å². The second kappa shape index (κ2) is 34.9. The maximum atomic E-state index is 13.0. The zero-order valence-electron chi connectivity index (χ0n) is 35.5. The first-order valence-corrected chi connectivity index (χ1v) is 24.3. The average Bonchev–Trinajstić information content (AvgIpc) is 3.16. The molecule has 1 rings (SSSR count). The Kier molecular flexibility index (Phi) is 33.1. The van der Waals surface area contributed by atoms with Crippen molar-refractivity contribution in [2.24, 2.45) is 0 Å². The van der Waals surface area contributed by atoms with E-state index < -0.39 is 59.9 Å². The summed E-state index contributed by atoms with van der Waals surface area (Å²) in [5, 5.41) is 44.7. The first-order chi connectivity index (χ1) is 27.0. The van der Waals surface area contributed by atoms with E-state index in [0.717, 1.165) is 51.4 Å². The van der Waals surface area contributed by atoms with E-state index in [4.69, 9.17) is 14.0 Å². The molecule has 1 amide bonds. The molecular formula is C43H85NO11S. The van der Waals surface area contributed by atoms with Crippen molar-refractivity contribution in [3.05, 3.63) is 0 Å². The number of ether oxygens (including phenoxy) is 2. The highest BCUT2D eigenvalue weighted by atomic mass is 32.3. The maximum Gasteiger partial charge on any atom is 0.397 e. The highest BCUT2D eigenvalue weighted by Crippen LogP contribution is 2.26. The van der Waals surface area contributed by atoms with Gasteiger partial charge in [-0.1, -0.05) is 194 Å². The lowest BCUT2D eigenvalue weighted by Gasteiger charge is -2.41. The molecule has 334 valence electrons. The molecule has 0 spiro atoms. The number of nitrogens with one attached hydrogen (secondary N) is 1. The van der Waals surface area contributed by atoms with Gasteiger partial charge in [0.25, 0.3) is 0 Å². The summed E-state index contributed by atoms with van der Waals surface area (Å²) in [6.45, 7) is 3.43. The van der Waals surface area contributed by atoms with Gasteiger partial charge in [0.15, 0.2) is 6.29 Å². The highest BCUT2D eigenvalue weighted by Gasteiger charge is 2.48. The summed E-state index contributed by atoms with van der Waals surface area (Å²) < 4.78 is 47.5. The number of carbonyl (C=O) groups is 1. The standard InChI is InChI=1S/C43H85NO11S/c1-3-5-7-9-11-13-15-16-17-18-19-20-21-22-23-25-27-29-31-33-39(47)44-36(37(46)32-30-28-26-24-14-12-10-8-6-4-2)35-53-43-41(49)42(55-56(50,51)52)40(48)38(34-45)54-43/h36-38,40-43,45-46,48-49H,3-35H2,1-2H3,(H,44,47)(H,50,51,52). The van der Waals surface area contributed by atoms with Crippen LogP contribution in [0.1, 0.15) is 213 Å². The van der Waals surface area contributed by atoms with Crippen molar-refractivity contribution >= 4 is 16.3 Å². The van der Waals surface area contributed by atoms with Crippen molar-refractivity contribution in [2.75, 3.05) is 13.2 Å². The first-order valence-electron chi connectivity index (χ1n) is 22.9. The van der Waals surface area contributed by atoms with E-state index in [9.17, 15) is 33.6 Å². The van der Waals surface area contributed by atoms with Gasteiger partial charge >= 0.3 is 10.4 Å². The van der Waals surface area contributed by atoms with Crippen molar-refractivity contribution in [3.63, 3.8) is 0 Å². The van der Waals surface area contributed by atoms with E-state index in [1.165, 1.54) is 135 Å². The van der Waals surface area contributed by atoms with Crippen molar-refractivity contribution in [1.29, 1.82) is 0 Å². The second-order valence-electron chi connectivity index (χ2n) is 16.4. The molecule has 7 unspecified atom stereocenters. The lowest BCUT2D eigenvalue weighted by molar-refractivity contribution is -0.298. The number of unbranched alkanes of at least 4 members (excludes halogenated alkanes) is 27. The summed E-state index contributed by atoms with van der Waals surface area (Å²) in [6.07, 6.45) is 26.9. The first kappa shape index (κ1) is 53.1. The Morgan fingerprint density at radius 3 is 1.43 bits per heavy atom. The molecule has 1 fully saturated rings. The van der Waals surface area contributed by atoms with Crippen LogP contribution in [-0.2, 0) is 28.9 Å². The number of aliphatic hydroxyl groups is 4. The summed E-state index contributed by atoms with van der Waals surface area (Å²) in [6, 6.07) is -0.849. The van der Waals surface area contributed by atoms with Gasteiger partial charge in [0.1, 0.15) is 24.4 Å². The Hall–Kier alpha value is -0.900. The van der Waals surface area contributed by atoms with Crippen LogP contribution in [0.3, 0.4) is 0 Å². The Morgan fingerprint density at radius 2 is 1.04 bits per heavy atom. The molecule has 0 aromatic heterocycles. The van der Waals surface area contributed by atoms with Crippen LogP contribution in [0.15, 0.2) is 0 Å². The molecular weight excluding hydrogens is 739 g/mol. The SMILES string of the molecule is CCCCCCCCCCCCCCCCCCCCCC(=O)NC(COC1OC(CO)C(O)C(OS(=O)(=O)O)C1O)C(O)CCCCCCCCCCCC. The second-order valence-corrected chi connectivity index (χ2v) is 17.4. The van der Waals surface area contributed by atoms with E-state index in [2.05, 4.69) is 23.3 Å². The third kappa shape index (κ3) is 27.7. The monoisotopic (exact) mass is 824 g/mol. The van der Waals surface area contributed by atoms with E-state index >= 15 is 0 Å². The molecule has 7 atom stereocenters. The minimum Gasteiger partial charge on any atom is -0.394 e. The Morgan fingerprint density at radius 1 is 0.643 bits per heavy atom. The predicted molar refractivity (Wildman–Crippen MR) is 223 cm³/mol. The molecule has 1 aliphatic rings. The lowest BCUT2D eigenvalue weighted by atomic mass is 9.99. The number of rotatable bonds is 39. The molecule has 56 heavy (non-hydrogen) atoms. The van der Waals surface area contributed by atoms with Gasteiger partial charge in [-0.2, -0.15) is 8.42 Å². The summed E-state index contributed by atoms with van der Waals surface area (Å²) >= 11 is 0. The van der Waals surface area contributed by atoms with E-state index in [1.807, 2.05) is 0 Å². The van der Waals surface area contributed by atoms with Gasteiger partial charge in [0.2, 0.25) is 5.91 Å². The molecule has 0 aliphatic carbocycles. The van der Waals surface area contributed by atoms with Crippen molar-refractivity contribution in [2.45, 2.75) is 256 Å². The fourth-order valence-corrected chi connectivity index (χ4v) is 8.09. The topological polar surface area (TPSA) is 192 Å². The van der Waals surface area contributed by atoms with Crippen LogP contribution in [0, 0.1) is 0 Å². The Balaban J connectivity index is 2.43. The van der Waals surface area contributed by atoms with Gasteiger partial charge in [-0.3, -0.25) is 9.35 Å². The van der Waals surface area contributed by atoms with Gasteiger partial charge in [-0.25, -0.2) is 4.18 Å². The number of hydrogen-bond acceptors (Lipinski definition) is 10. The fraction of sp³-hybridized carbons (Fsp3) is 0.977. The number of aliphatic hydroxyl groups excluding tert-OH is 4. The zero-order valence-corrected chi connectivity index (χ0v) is 36.3. The number of carbonyl (C=O) groups excluding carboxylic acids is 1. The third-order valence-corrected chi connectivity index (χ3v) is 11.6. The molecule has 1 heterocycles. The van der Waals surface area contributed by atoms with Crippen LogP contribution in [0.25, 0.3) is 0 Å². The predicted octanol–water partition coefficient (Wildman–Crippen LogP) is 8.61. The van der Waals surface area contributed by atoms with Crippen molar-refractivity contribution in [1.82, 2.24) is 5.32 Å². The average molecular weight is 824 g/mol. The zero-order chi connectivity index (χ0) is 41.3. The molecule has 13 heteroatoms. The van der Waals surface area contributed by atoms with Crippen molar-refractivity contribution < 1.29 is 51.8 Å². The van der Waals surface area contributed by atoms with Gasteiger partial charge < -0.3 is 35.2 Å². The third-order valence-electron chi connectivity index (χ3n) is 11.2. The molecule has 0 saturated carbocycles. The van der Waals surface area contributed by atoms with Gasteiger partial charge in [0.05, 0.1) is 25.4 Å². The van der Waals surface area contributed by atoms with Gasteiger partial charge in [-0.15, -0.1) is 0 Å². The lowest BCUT2D eigenvalue weighted by Crippen LogP contribution is -2.61. The molecule has 6 N–H and O–H groups in total. The minimum atomic E-state index is -5.07. The Bertz CT molecular complexity index is 1020. The molecule has 0 aromatic carbocycles. The summed E-state index contributed by atoms with van der Waals surface area (Å²) in [7, 11) is -5.07. The van der Waals surface area contributed by atoms with Gasteiger partial charge in [0, 0.05) is 6.42 Å². The highest BCUT2D eigenvalue weighted by molar-refractivity contribution is 7.80. The summed E-state index contributed by atoms with van der Waals surface area (Å²) in [5.41, 5.74) is 0. The van der Waals surface area contributed by atoms with E-state index in [1.54, 1.807) is 0 Å². The smallest absolute Gasteiger partial charge is 0.394 e. The maximum absolute atomic E-state index is 13.0. The number of hydrogen-bond donors (Lipinski definition) is 6. The molecule has 0 bridgehead atoms. The molecule has 1 saturated heterocycles. The normalized spacial score (nSPS) is 21.3. The van der Waals surface area contributed by atoms with Crippen molar-refractivity contribution in [3.8, 4) is 0 Å². The fourth-order valence-electron chi connectivity index (χ4n) is 7.58. The molecule has 1 aliphatic heterocycles. The van der Waals surface area contributed by atoms with E-state index in [-0.39, 0.29) is 12.5 Å². The van der Waals surface area contributed by atoms with Gasteiger partial charge in [-0.05, 0) is 12.8 Å². The largest absolute Gasteiger partial charge is 0.397 e. The van der Waals surface area contributed by atoms with Crippen LogP contribution in [0.2, 0.25) is 0 Å². The minimum absolute atomic E-state index is 0.228. The van der Waals surface area contributed by atoms with Crippen LogP contribution in [0.4, 0.5) is 0 Å². The Labute approximate surface area is 341 Å².